The molecule has 4 saturated carbocycles. The van der Waals surface area contributed by atoms with Gasteiger partial charge in [0.25, 0.3) is 0 Å². The second kappa shape index (κ2) is 9.78. The number of rotatable bonds is 10. The number of carbonyl (C=O) groups excluding carboxylic acids is 1. The van der Waals surface area contributed by atoms with Gasteiger partial charge in [-0.25, -0.2) is 0 Å². The summed E-state index contributed by atoms with van der Waals surface area (Å²) in [6.07, 6.45) is -5.41. The smallest absolute Gasteiger partial charge is 0.195 e. The summed E-state index contributed by atoms with van der Waals surface area (Å²) in [5.41, 5.74) is 0.242. The minimum atomic E-state index is -2.11. The van der Waals surface area contributed by atoms with Gasteiger partial charge in [-0.3, -0.25) is 4.79 Å². The summed E-state index contributed by atoms with van der Waals surface area (Å²) in [5.74, 6) is -2.17. The van der Waals surface area contributed by atoms with E-state index < -0.39 is 67.5 Å². The van der Waals surface area contributed by atoms with Gasteiger partial charge in [0.1, 0.15) is 42.7 Å². The van der Waals surface area contributed by atoms with Crippen LogP contribution in [0.1, 0.15) is 59.3 Å². The van der Waals surface area contributed by atoms with E-state index in [0.29, 0.717) is 5.92 Å². The SMILES string of the molecule is CC12CC3CC(C)(C1)CC(NCC(=O)[C@@H](O)C(O[C@]1(C)OC(CO)[C@@H](O)[C@H](O)[C@H]1O)[C@H](O)CO)(C3)C2. The highest BCUT2D eigenvalue weighted by Gasteiger charge is 2.60. The number of ether oxygens (including phenoxy) is 2. The highest BCUT2D eigenvalue weighted by Crippen LogP contribution is 2.66. The zero-order valence-electron chi connectivity index (χ0n) is 21.3. The zero-order valence-corrected chi connectivity index (χ0v) is 21.3. The van der Waals surface area contributed by atoms with E-state index >= 15 is 0 Å². The number of hydrogen-bond acceptors (Lipinski definition) is 11. The quantitative estimate of drug-likeness (QED) is 0.163. The number of Topliss-reactive ketones (excluding diaryl/α,β-unsaturated/α-hetero) is 1. The highest BCUT2D eigenvalue weighted by atomic mass is 16.7. The van der Waals surface area contributed by atoms with Crippen LogP contribution in [-0.4, -0.2) is 115 Å². The number of carbonyl (C=O) groups is 1. The number of ketones is 1. The summed E-state index contributed by atoms with van der Waals surface area (Å²) in [6.45, 7) is 4.09. The van der Waals surface area contributed by atoms with Gasteiger partial charge in [0.05, 0.1) is 19.8 Å². The topological polar surface area (TPSA) is 189 Å². The van der Waals surface area contributed by atoms with Gasteiger partial charge in [0.15, 0.2) is 11.6 Å². The van der Waals surface area contributed by atoms with Gasteiger partial charge in [-0.15, -0.1) is 0 Å². The fraction of sp³-hybridized carbons (Fsp3) is 0.960. The fourth-order valence-electron chi connectivity index (χ4n) is 8.33. The molecule has 1 saturated heterocycles. The maximum atomic E-state index is 13.1. The van der Waals surface area contributed by atoms with Crippen LogP contribution in [0.5, 0.6) is 0 Å². The summed E-state index contributed by atoms with van der Waals surface area (Å²) in [6, 6.07) is 0. The molecule has 11 nitrogen and oxygen atoms in total. The molecule has 0 amide bonds. The zero-order chi connectivity index (χ0) is 26.7. The third kappa shape index (κ3) is 5.12. The number of aliphatic hydroxyl groups excluding tert-OH is 7. The van der Waals surface area contributed by atoms with E-state index in [0.717, 1.165) is 19.3 Å². The lowest BCUT2D eigenvalue weighted by Gasteiger charge is -2.65. The first kappa shape index (κ1) is 28.3. The minimum absolute atomic E-state index is 0.168. The van der Waals surface area contributed by atoms with Crippen molar-refractivity contribution >= 4 is 5.78 Å². The van der Waals surface area contributed by atoms with Gasteiger partial charge in [-0.05, 0) is 62.2 Å². The van der Waals surface area contributed by atoms with Gasteiger partial charge in [-0.2, -0.15) is 0 Å². The largest absolute Gasteiger partial charge is 0.394 e. The summed E-state index contributed by atoms with van der Waals surface area (Å²) < 4.78 is 11.1. The molecule has 1 heterocycles. The van der Waals surface area contributed by atoms with Crippen LogP contribution in [0.25, 0.3) is 0 Å². The van der Waals surface area contributed by atoms with Gasteiger partial charge in [-0.1, -0.05) is 13.8 Å². The minimum Gasteiger partial charge on any atom is -0.394 e. The Kier molecular flexibility index (Phi) is 7.69. The molecule has 5 rings (SSSR count). The predicted molar refractivity (Wildman–Crippen MR) is 126 cm³/mol. The Hall–Kier alpha value is -0.730. The molecule has 0 spiro atoms. The van der Waals surface area contributed by atoms with E-state index in [4.69, 9.17) is 9.47 Å². The molecular weight excluding hydrogens is 474 g/mol. The molecule has 4 bridgehead atoms. The van der Waals surface area contributed by atoms with E-state index in [1.807, 2.05) is 0 Å². The molecule has 0 aromatic rings. The maximum absolute atomic E-state index is 13.1. The van der Waals surface area contributed by atoms with Crippen molar-refractivity contribution in [3.63, 3.8) is 0 Å². The van der Waals surface area contributed by atoms with Crippen molar-refractivity contribution in [1.82, 2.24) is 5.32 Å². The molecule has 0 aromatic carbocycles. The first-order valence-corrected chi connectivity index (χ1v) is 12.9. The molecule has 36 heavy (non-hydrogen) atoms. The summed E-state index contributed by atoms with van der Waals surface area (Å²) in [4.78, 5) is 13.1. The van der Waals surface area contributed by atoms with Crippen molar-refractivity contribution in [2.45, 2.75) is 113 Å². The van der Waals surface area contributed by atoms with Crippen LogP contribution in [-0.2, 0) is 14.3 Å². The van der Waals surface area contributed by atoms with Crippen molar-refractivity contribution in [3.8, 4) is 0 Å². The molecule has 0 radical (unpaired) electrons. The normalized spacial score (nSPS) is 48.6. The third-order valence-electron chi connectivity index (χ3n) is 9.00. The van der Waals surface area contributed by atoms with Crippen LogP contribution in [0, 0.1) is 16.7 Å². The predicted octanol–water partition coefficient (Wildman–Crippen LogP) is -1.82. The lowest BCUT2D eigenvalue weighted by Crippen LogP contribution is -2.67. The lowest BCUT2D eigenvalue weighted by atomic mass is 9.43. The van der Waals surface area contributed by atoms with E-state index in [9.17, 15) is 40.5 Å². The molecule has 0 aromatic heterocycles. The molecular formula is C25H43NO10. The van der Waals surface area contributed by atoms with Gasteiger partial charge in [0.2, 0.25) is 0 Å². The first-order valence-electron chi connectivity index (χ1n) is 12.9. The lowest BCUT2D eigenvalue weighted by molar-refractivity contribution is -0.376. The van der Waals surface area contributed by atoms with Crippen molar-refractivity contribution in [2.75, 3.05) is 19.8 Å². The maximum Gasteiger partial charge on any atom is 0.195 e. The highest BCUT2D eigenvalue weighted by molar-refractivity contribution is 5.85. The molecule has 1 aliphatic heterocycles. The second-order valence-corrected chi connectivity index (χ2v) is 12.8. The Bertz CT molecular complexity index is 807. The van der Waals surface area contributed by atoms with Crippen LogP contribution in [0.4, 0.5) is 0 Å². The third-order valence-corrected chi connectivity index (χ3v) is 9.00. The van der Waals surface area contributed by atoms with Gasteiger partial charge < -0.3 is 50.5 Å². The number of hydrogen-bond donors (Lipinski definition) is 8. The first-order chi connectivity index (χ1) is 16.7. The van der Waals surface area contributed by atoms with Crippen molar-refractivity contribution in [1.29, 1.82) is 0 Å². The van der Waals surface area contributed by atoms with Crippen LogP contribution in [0.3, 0.4) is 0 Å². The number of aliphatic hydroxyl groups is 7. The van der Waals surface area contributed by atoms with Crippen LogP contribution >= 0.6 is 0 Å². The summed E-state index contributed by atoms with van der Waals surface area (Å²) in [5, 5.41) is 74.4. The Morgan fingerprint density at radius 1 is 1.00 bits per heavy atom. The Morgan fingerprint density at radius 2 is 1.61 bits per heavy atom. The molecule has 208 valence electrons. The molecule has 10 atom stereocenters. The van der Waals surface area contributed by atoms with E-state index in [1.54, 1.807) is 0 Å². The van der Waals surface area contributed by atoms with E-state index in [-0.39, 0.29) is 22.9 Å². The summed E-state index contributed by atoms with van der Waals surface area (Å²) >= 11 is 0. The van der Waals surface area contributed by atoms with Crippen molar-refractivity contribution in [2.24, 2.45) is 16.7 Å². The number of nitrogens with one attached hydrogen (secondary N) is 1. The van der Waals surface area contributed by atoms with Crippen LogP contribution in [0.2, 0.25) is 0 Å². The average molecular weight is 518 g/mol. The van der Waals surface area contributed by atoms with Crippen molar-refractivity contribution < 1.29 is 50.0 Å². The Balaban J connectivity index is 1.46. The summed E-state index contributed by atoms with van der Waals surface area (Å²) in [7, 11) is 0. The van der Waals surface area contributed by atoms with Gasteiger partial charge in [0, 0.05) is 5.54 Å². The van der Waals surface area contributed by atoms with Gasteiger partial charge >= 0.3 is 0 Å². The molecule has 4 unspecified atom stereocenters. The monoisotopic (exact) mass is 517 g/mol. The fourth-order valence-corrected chi connectivity index (χ4v) is 8.33. The molecule has 11 heteroatoms. The Labute approximate surface area is 211 Å². The van der Waals surface area contributed by atoms with E-state index in [1.165, 1.54) is 26.2 Å². The molecule has 4 aliphatic carbocycles. The van der Waals surface area contributed by atoms with Crippen LogP contribution < -0.4 is 5.32 Å². The second-order valence-electron chi connectivity index (χ2n) is 12.8. The van der Waals surface area contributed by atoms with Crippen molar-refractivity contribution in [3.05, 3.63) is 0 Å². The average Bonchev–Trinajstić information content (AvgIpc) is 2.79. The van der Waals surface area contributed by atoms with Crippen LogP contribution in [0.15, 0.2) is 0 Å². The molecule has 8 N–H and O–H groups in total. The van der Waals surface area contributed by atoms with E-state index in [2.05, 4.69) is 19.2 Å². The Morgan fingerprint density at radius 3 is 2.14 bits per heavy atom. The molecule has 5 aliphatic rings. The molecule has 5 fully saturated rings. The standard InChI is InChI=1S/C25H43NO10/c1-22-4-13-5-23(2,10-22)12-25(6-13,11-22)26-7-14(29)17(31)20(15(30)8-27)36-24(3)21(34)19(33)18(32)16(9-28)35-24/h13,15-21,26-28,30-34H,4-12H2,1-3H3/t13?,15-,16?,17-,18-,19+,20?,21-,22?,23?,24+,25?/m1/s1.